The van der Waals surface area contributed by atoms with Gasteiger partial charge < -0.3 is 24.3 Å². The Bertz CT molecular complexity index is 2030. The fourth-order valence-electron chi connectivity index (χ4n) is 8.54. The van der Waals surface area contributed by atoms with Gasteiger partial charge in [0, 0.05) is 79.2 Å². The summed E-state index contributed by atoms with van der Waals surface area (Å²) in [5.41, 5.74) is 9.56. The largest absolute Gasteiger partial charge is 0.467 e. The summed E-state index contributed by atoms with van der Waals surface area (Å²) in [5.74, 6) is -0.470. The second kappa shape index (κ2) is 18.7. The van der Waals surface area contributed by atoms with E-state index in [1.165, 1.54) is 16.2 Å². The lowest BCUT2D eigenvalue weighted by Gasteiger charge is -2.33. The summed E-state index contributed by atoms with van der Waals surface area (Å²) >= 11 is 1.46. The summed E-state index contributed by atoms with van der Waals surface area (Å²) in [6.45, 7) is 11.0. The molecule has 2 fully saturated rings. The molecule has 1 saturated carbocycles. The number of benzene rings is 1. The number of hydrogen-bond acceptors (Lipinski definition) is 10. The molecule has 1 saturated heterocycles. The predicted octanol–water partition coefficient (Wildman–Crippen LogP) is 6.10. The minimum atomic E-state index is -0.861. The van der Waals surface area contributed by atoms with Crippen molar-refractivity contribution in [3.8, 4) is 22.5 Å². The zero-order chi connectivity index (χ0) is 40.7. The predicted molar refractivity (Wildman–Crippen MR) is 221 cm³/mol. The highest BCUT2D eigenvalue weighted by Crippen LogP contribution is 2.42. The van der Waals surface area contributed by atoms with Crippen LogP contribution in [0, 0.1) is 11.3 Å². The van der Waals surface area contributed by atoms with Gasteiger partial charge in [0.1, 0.15) is 12.1 Å². The van der Waals surface area contributed by atoms with Crippen molar-refractivity contribution in [1.82, 2.24) is 35.2 Å². The Labute approximate surface area is 339 Å². The highest BCUT2D eigenvalue weighted by atomic mass is 32.1. The number of hydrogen-bond donors (Lipinski definition) is 2. The number of pyridine rings is 1. The van der Waals surface area contributed by atoms with Crippen LogP contribution in [0.5, 0.6) is 0 Å². The molecular formula is C43H57N7O6S. The summed E-state index contributed by atoms with van der Waals surface area (Å²) < 4.78 is 13.4. The molecule has 2 N–H and O–H groups in total. The van der Waals surface area contributed by atoms with Crippen molar-refractivity contribution in [3.63, 3.8) is 0 Å². The van der Waals surface area contributed by atoms with Crippen molar-refractivity contribution in [1.29, 1.82) is 0 Å². The van der Waals surface area contributed by atoms with Gasteiger partial charge >= 0.3 is 0 Å². The van der Waals surface area contributed by atoms with Gasteiger partial charge in [-0.3, -0.25) is 29.2 Å². The van der Waals surface area contributed by atoms with Crippen molar-refractivity contribution in [3.05, 3.63) is 58.2 Å². The van der Waals surface area contributed by atoms with E-state index in [2.05, 4.69) is 60.3 Å². The summed E-state index contributed by atoms with van der Waals surface area (Å²) in [5, 5.41) is 8.46. The molecule has 1 aromatic carbocycles. The highest BCUT2D eigenvalue weighted by molar-refractivity contribution is 7.10. The lowest BCUT2D eigenvalue weighted by Crippen LogP contribution is -2.59. The zero-order valence-corrected chi connectivity index (χ0v) is 34.9. The molecule has 3 unspecified atom stereocenters. The molecule has 3 amide bonds. The van der Waals surface area contributed by atoms with Crippen LogP contribution in [0.2, 0.25) is 0 Å². The zero-order valence-electron chi connectivity index (χ0n) is 34.1. The maximum absolute atomic E-state index is 14.0. The molecule has 0 radical (unpaired) electrons. The fourth-order valence-corrected chi connectivity index (χ4v) is 9.40. The van der Waals surface area contributed by atoms with E-state index in [1.54, 1.807) is 25.4 Å². The highest BCUT2D eigenvalue weighted by Gasteiger charge is 2.37. The Kier molecular flexibility index (Phi) is 13.8. The molecule has 14 heteroatoms. The van der Waals surface area contributed by atoms with Crippen molar-refractivity contribution >= 4 is 46.9 Å². The molecule has 13 nitrogen and oxygen atoms in total. The monoisotopic (exact) mass is 799 g/mol. The molecule has 6 rings (SSSR count). The van der Waals surface area contributed by atoms with Gasteiger partial charge in [0.05, 0.1) is 34.8 Å². The van der Waals surface area contributed by atoms with E-state index in [9.17, 15) is 19.2 Å². The number of thiazole rings is 1. The lowest BCUT2D eigenvalue weighted by molar-refractivity contribution is -0.142. The average Bonchev–Trinajstić information content (AvgIpc) is 3.99. The van der Waals surface area contributed by atoms with Crippen LogP contribution < -0.4 is 10.7 Å². The standard InChI is InChI=1S/C43H57N7O6S/c1-7-49-36-17-16-30(21-32(36)33(23-43(3,4)25-56-27-52)40(49)31-15-12-18-44-38(31)28(2)55-6)35-24-57-37(46-35)22-34(42(54)50-20-11-10-19-45-50)47-41(53)39(48(5)26-51)29-13-8-9-14-29/h12,15-18,21,24,26-29,34,39,45H,7-11,13-14,19-20,22-23,25H2,1-6H3,(H,47,53). The van der Waals surface area contributed by atoms with Gasteiger partial charge in [0.2, 0.25) is 12.3 Å². The molecule has 0 bridgehead atoms. The first-order valence-electron chi connectivity index (χ1n) is 20.2. The first-order valence-corrected chi connectivity index (χ1v) is 21.0. The Hall–Kier alpha value is -4.66. The molecule has 1 aliphatic carbocycles. The number of nitrogens with zero attached hydrogens (tertiary/aromatic N) is 5. The number of ether oxygens (including phenoxy) is 2. The Morgan fingerprint density at radius 1 is 1.16 bits per heavy atom. The van der Waals surface area contributed by atoms with Crippen LogP contribution in [0.25, 0.3) is 33.4 Å². The van der Waals surface area contributed by atoms with Gasteiger partial charge in [-0.15, -0.1) is 11.3 Å². The van der Waals surface area contributed by atoms with E-state index < -0.39 is 12.1 Å². The van der Waals surface area contributed by atoms with E-state index in [-0.39, 0.29) is 42.3 Å². The van der Waals surface area contributed by atoms with Gasteiger partial charge in [-0.05, 0) is 81.7 Å². The molecule has 4 aromatic rings. The summed E-state index contributed by atoms with van der Waals surface area (Å²) in [7, 11) is 3.32. The summed E-state index contributed by atoms with van der Waals surface area (Å²) in [6.07, 6.45) is 8.71. The molecule has 1 aliphatic heterocycles. The topological polar surface area (TPSA) is 148 Å². The average molecular weight is 800 g/mol. The number of likely N-dealkylation sites (N-methyl/N-ethyl adjacent to an activating group) is 1. The van der Waals surface area contributed by atoms with Gasteiger partial charge in [-0.25, -0.2) is 10.4 Å². The van der Waals surface area contributed by atoms with Crippen molar-refractivity contribution < 1.29 is 28.7 Å². The van der Waals surface area contributed by atoms with Crippen molar-refractivity contribution in [2.45, 2.75) is 104 Å². The van der Waals surface area contributed by atoms with Gasteiger partial charge in [-0.1, -0.05) is 32.8 Å². The third-order valence-electron chi connectivity index (χ3n) is 11.5. The molecule has 306 valence electrons. The van der Waals surface area contributed by atoms with Crippen LogP contribution in [-0.4, -0.2) is 95.1 Å². The smallest absolute Gasteiger partial charge is 0.293 e. The van der Waals surface area contributed by atoms with Crippen LogP contribution in [0.1, 0.15) is 88.6 Å². The van der Waals surface area contributed by atoms with E-state index in [0.717, 1.165) is 88.2 Å². The third kappa shape index (κ3) is 9.39. The van der Waals surface area contributed by atoms with Gasteiger partial charge in [0.15, 0.2) is 0 Å². The second-order valence-corrected chi connectivity index (χ2v) is 17.1. The van der Waals surface area contributed by atoms with Crippen molar-refractivity contribution in [2.24, 2.45) is 11.3 Å². The molecule has 0 spiro atoms. The molecule has 2 aliphatic rings. The number of aromatic nitrogens is 3. The van der Waals surface area contributed by atoms with E-state index in [4.69, 9.17) is 19.4 Å². The van der Waals surface area contributed by atoms with E-state index >= 15 is 0 Å². The maximum Gasteiger partial charge on any atom is 0.293 e. The van der Waals surface area contributed by atoms with Gasteiger partial charge in [-0.2, -0.15) is 0 Å². The Morgan fingerprint density at radius 2 is 1.95 bits per heavy atom. The SMILES string of the molecule is CCn1c(-c2cccnc2C(C)OC)c(CC(C)(C)COC=O)c2cc(-c3csc(CC(NC(=O)C(C4CCCC4)N(C)C=O)C(=O)N4CCCCN4)n3)ccc21. The first-order chi connectivity index (χ1) is 27.5. The molecule has 4 heterocycles. The van der Waals surface area contributed by atoms with E-state index in [1.807, 2.05) is 18.4 Å². The maximum atomic E-state index is 14.0. The molecule has 3 aromatic heterocycles. The third-order valence-corrected chi connectivity index (χ3v) is 12.3. The number of methoxy groups -OCH3 is 1. The van der Waals surface area contributed by atoms with Gasteiger partial charge in [0.25, 0.3) is 12.4 Å². The van der Waals surface area contributed by atoms with Crippen LogP contribution in [-0.2, 0) is 48.0 Å². The van der Waals surface area contributed by atoms with Crippen LogP contribution in [0.15, 0.2) is 41.9 Å². The van der Waals surface area contributed by atoms with Crippen LogP contribution in [0.4, 0.5) is 0 Å². The summed E-state index contributed by atoms with van der Waals surface area (Å²) in [6, 6.07) is 8.92. The Morgan fingerprint density at radius 3 is 2.63 bits per heavy atom. The van der Waals surface area contributed by atoms with Crippen molar-refractivity contribution in [2.75, 3.05) is 33.9 Å². The number of carbonyl (C=O) groups is 4. The Balaban J connectivity index is 1.37. The number of nitrogens with one attached hydrogen (secondary N) is 2. The number of aryl methyl sites for hydroxylation is 1. The molecular weight excluding hydrogens is 743 g/mol. The first kappa shape index (κ1) is 42.0. The number of amides is 3. The minimum Gasteiger partial charge on any atom is -0.467 e. The quantitative estimate of drug-likeness (QED) is 0.114. The molecule has 3 atom stereocenters. The van der Waals surface area contributed by atoms with Crippen LogP contribution >= 0.6 is 11.3 Å². The number of carbonyl (C=O) groups excluding carboxylic acids is 4. The second-order valence-electron chi connectivity index (χ2n) is 16.1. The van der Waals surface area contributed by atoms with Crippen LogP contribution in [0.3, 0.4) is 0 Å². The minimum absolute atomic E-state index is 0.0506. The molecule has 57 heavy (non-hydrogen) atoms. The van der Waals surface area contributed by atoms with E-state index in [0.29, 0.717) is 38.9 Å². The fraction of sp³-hybridized carbons (Fsp3) is 0.535. The number of hydrazine groups is 1. The normalized spacial score (nSPS) is 16.6. The summed E-state index contributed by atoms with van der Waals surface area (Å²) in [4.78, 5) is 62.4. The number of rotatable bonds is 18. The number of fused-ring (bicyclic) bond motifs is 1. The lowest BCUT2D eigenvalue weighted by atomic mass is 9.84.